The average Bonchev–Trinajstić information content (AvgIpc) is 0.784. The van der Waals surface area contributed by atoms with Crippen molar-refractivity contribution in [3.8, 4) is 0 Å². The molecule has 21 saturated heterocycles. The van der Waals surface area contributed by atoms with E-state index in [0.717, 1.165) is 64.2 Å². The number of hydrogen-bond donors (Lipinski definition) is 23. The van der Waals surface area contributed by atoms with Gasteiger partial charge in [-0.05, 0) is 12.8 Å². The molecule has 21 heterocycles. The summed E-state index contributed by atoms with van der Waals surface area (Å²) in [4.78, 5) is 63.4. The van der Waals surface area contributed by atoms with Crippen LogP contribution in [-0.4, -0.2) is 424 Å². The lowest BCUT2D eigenvalue weighted by molar-refractivity contribution is -0.396. The van der Waals surface area contributed by atoms with E-state index in [4.69, 9.17) is 84.8 Å². The van der Waals surface area contributed by atoms with Crippen molar-refractivity contribution in [1.82, 2.24) is 10.6 Å². The normalized spacial score (nSPS) is 39.0. The van der Waals surface area contributed by atoms with E-state index < -0.39 is 338 Å². The van der Waals surface area contributed by atoms with Gasteiger partial charge in [-0.25, -0.2) is 4.57 Å². The van der Waals surface area contributed by atoms with Crippen LogP contribution in [0.2, 0.25) is 0 Å². The average molecular weight is 1850 g/mol. The number of ether oxygens (including phenoxy) is 16. The fourth-order valence-electron chi connectivity index (χ4n) is 16.1. The van der Waals surface area contributed by atoms with Crippen molar-refractivity contribution in [1.29, 1.82) is 0 Å². The van der Waals surface area contributed by atoms with Crippen LogP contribution in [0.25, 0.3) is 0 Å². The zero-order valence-corrected chi connectivity index (χ0v) is 72.1. The van der Waals surface area contributed by atoms with Crippen LogP contribution in [0.4, 0.5) is 0 Å². The number of phosphoric ester groups is 1. The first kappa shape index (κ1) is 108. The molecule has 0 aromatic heterocycles. The molecule has 0 spiro atoms. The van der Waals surface area contributed by atoms with Gasteiger partial charge in [-0.3, -0.25) is 28.2 Å². The molecule has 0 radical (unpaired) electrons. The number of nitrogens with one attached hydrogen (secondary N) is 2. The summed E-state index contributed by atoms with van der Waals surface area (Å²) in [6, 6.07) is 0. The Kier molecular flexibility index (Phi) is 47.0. The van der Waals surface area contributed by atoms with Gasteiger partial charge in [-0.15, -0.1) is 0 Å². The third kappa shape index (κ3) is 31.1. The topological polar surface area (TPSA) is 700 Å². The monoisotopic (exact) mass is 1850 g/mol. The number of phosphoric acid groups is 1. The Morgan fingerprint density at radius 1 is 0.302 bits per heavy atom. The van der Waals surface area contributed by atoms with Gasteiger partial charge in [0.25, 0.3) is 0 Å². The van der Waals surface area contributed by atoms with Gasteiger partial charge in [0.2, 0.25) is 11.8 Å². The first-order chi connectivity index (χ1) is 60.4. The summed E-state index contributed by atoms with van der Waals surface area (Å²) in [6.45, 7) is -5.47. The van der Waals surface area contributed by atoms with E-state index >= 15 is 0 Å². The minimum Gasteiger partial charge on any atom is -0.462 e. The Morgan fingerprint density at radius 2 is 0.548 bits per heavy atom. The summed E-state index contributed by atoms with van der Waals surface area (Å²) >= 11 is 0. The number of aliphatic hydroxyl groups excluding tert-OH is 20. The van der Waals surface area contributed by atoms with Crippen molar-refractivity contribution < 1.29 is 216 Å². The quantitative estimate of drug-likeness (QED) is 0.0153. The lowest BCUT2D eigenvalue weighted by Crippen LogP contribution is -2.68. The van der Waals surface area contributed by atoms with Crippen molar-refractivity contribution in [2.24, 2.45) is 0 Å². The number of unbranched alkanes of at least 4 members (excludes halogenated alkanes) is 20. The predicted octanol–water partition coefficient (Wildman–Crippen LogP) is -6.22. The molecule has 734 valence electrons. The highest BCUT2D eigenvalue weighted by Crippen LogP contribution is 2.44. The van der Waals surface area contributed by atoms with E-state index in [1.54, 1.807) is 0 Å². The molecule has 0 aromatic carbocycles. The van der Waals surface area contributed by atoms with Crippen LogP contribution in [0.1, 0.15) is 181 Å². The molecule has 21 aliphatic rings. The third-order valence-electron chi connectivity index (χ3n) is 23.5. The zero-order valence-electron chi connectivity index (χ0n) is 71.2. The first-order valence-corrected chi connectivity index (χ1v) is 45.7. The molecule has 0 aliphatic carbocycles. The largest absolute Gasteiger partial charge is 0.472 e. The van der Waals surface area contributed by atoms with Crippen LogP contribution in [0, 0.1) is 0 Å². The second-order valence-electron chi connectivity index (χ2n) is 33.1. The highest BCUT2D eigenvalue weighted by Gasteiger charge is 2.60. The van der Waals surface area contributed by atoms with Gasteiger partial charge in [0.05, 0.1) is 52.9 Å². The van der Waals surface area contributed by atoms with Crippen LogP contribution < -0.4 is 10.6 Å². The maximum atomic E-state index is 13.7. The molecule has 126 heavy (non-hydrogen) atoms. The van der Waals surface area contributed by atoms with E-state index in [1.807, 2.05) is 0 Å². The molecule has 21 fully saturated rings. The predicted molar refractivity (Wildman–Crippen MR) is 421 cm³/mol. The number of amides is 2. The Balaban J connectivity index is 0.922. The SMILES string of the molecule is CCCCCCCCCCCCCC(=O)OC[C@@H](COP(=O)(O)OCCNC(=O)CCC(=O)NC[C@H]1O[C@H]2O[C@@H]3[C@@H](O)[C@H](O)[C@H](O[C@@H]4[C@@H](O)[C@H](O)[C@H](O[C@@H]5[C@@H](O)[C@@H](O)[C@H](O[C@@H]6[C@H](O)[C@@H](O)[C@H](O[C@@H]7[C@H](O)[C@@H](O)[C@H](O[C@@H]8[C@H](O)[C@@H](O)[C@H](O[C@@H]1[C@@H](O)[C@@H]2O)O[C@H]8CO)O[C@H]7CO)O[C@H]6CO)O[C@@H]5CO)O[C@@H]4CO)O[C@@H]3CO)OC(=O)CCCCCCCCCCCCC. The summed E-state index contributed by atoms with van der Waals surface area (Å²) in [6.07, 6.45) is -53.0. The number of rotatable bonds is 45. The van der Waals surface area contributed by atoms with Crippen LogP contribution in [0.5, 0.6) is 0 Å². The van der Waals surface area contributed by atoms with Crippen LogP contribution in [0.15, 0.2) is 0 Å². The first-order valence-electron chi connectivity index (χ1n) is 44.2. The Bertz CT molecular complexity index is 3140. The minimum absolute atomic E-state index is 0.0352. The number of aliphatic hydroxyl groups is 20. The van der Waals surface area contributed by atoms with E-state index in [2.05, 4.69) is 24.5 Å². The number of carbonyl (C=O) groups is 4. The molecule has 0 saturated carbocycles. The van der Waals surface area contributed by atoms with Gasteiger partial charge in [0.15, 0.2) is 50.1 Å². The van der Waals surface area contributed by atoms with Crippen LogP contribution in [-0.2, 0) is 109 Å². The molecule has 0 aromatic rings. The van der Waals surface area contributed by atoms with E-state index in [1.165, 1.54) is 64.2 Å². The van der Waals surface area contributed by atoms with Crippen LogP contribution >= 0.6 is 7.82 Å². The molecule has 46 nitrogen and oxygen atoms in total. The third-order valence-corrected chi connectivity index (χ3v) is 24.5. The fourth-order valence-corrected chi connectivity index (χ4v) is 16.9. The molecular weight excluding hydrogens is 1710 g/mol. The summed E-state index contributed by atoms with van der Waals surface area (Å²) in [5.41, 5.74) is 0. The number of esters is 2. The summed E-state index contributed by atoms with van der Waals surface area (Å²) in [5, 5.41) is 231. The Hall–Kier alpha value is -3.37. The summed E-state index contributed by atoms with van der Waals surface area (Å²) in [5.74, 6) is -2.96. The van der Waals surface area contributed by atoms with Crippen molar-refractivity contribution >= 4 is 31.6 Å². The summed E-state index contributed by atoms with van der Waals surface area (Å²) in [7, 11) is -4.96. The van der Waals surface area contributed by atoms with Gasteiger partial charge in [0.1, 0.15) is 178 Å². The van der Waals surface area contributed by atoms with Crippen molar-refractivity contribution in [3.05, 3.63) is 0 Å². The Morgan fingerprint density at radius 3 is 0.825 bits per heavy atom. The number of hydrogen-bond acceptors (Lipinski definition) is 43. The number of carbonyl (C=O) groups excluding carboxylic acids is 4. The molecule has 2 amide bonds. The molecular formula is C79H139N2O44P. The molecule has 14 bridgehead atoms. The van der Waals surface area contributed by atoms with Crippen molar-refractivity contribution in [2.75, 3.05) is 72.6 Å². The van der Waals surface area contributed by atoms with Gasteiger partial charge < -0.3 is 193 Å². The van der Waals surface area contributed by atoms with Crippen molar-refractivity contribution in [2.45, 2.75) is 402 Å². The van der Waals surface area contributed by atoms with Gasteiger partial charge >= 0.3 is 19.8 Å². The Labute approximate surface area is 729 Å². The molecule has 23 N–H and O–H groups in total. The van der Waals surface area contributed by atoms with Crippen molar-refractivity contribution in [3.63, 3.8) is 0 Å². The van der Waals surface area contributed by atoms with Gasteiger partial charge in [-0.2, -0.15) is 0 Å². The van der Waals surface area contributed by atoms with E-state index in [0.29, 0.717) is 12.8 Å². The second kappa shape index (κ2) is 54.9. The molecule has 21 aliphatic heterocycles. The lowest BCUT2D eigenvalue weighted by atomic mass is 9.95. The maximum Gasteiger partial charge on any atom is 0.472 e. The standard InChI is InChI=1S/C79H139N2O44P/c1-3-5-7-9-11-13-15-17-19-21-23-25-50(90)108-38-40(111-51(91)26-24-22-20-18-16-14-12-10-8-6-4-2)39-110-126(106,107)109-30-29-80-48(88)27-28-49(89)81-31-41-66-52(92)59(99)73(112-41)120-67-42(32-82)114-75(61(101)54(67)94)122-69-44(34-84)116-77(63(103)56(69)96)124-71-46(36-86)118-79(65(105)58(71)98)125-72-47(37-87)117-78(64(104)57(72)97)123-70-45(35-85)115-76(62(102)55(70)95)121-68-43(33-83)113-74(119-66)60(100)53(68)93/h40-47,52-79,82-87,92-105H,3-39H2,1-2H3,(H,80,88)(H,81,89)(H,106,107)/t40-,41+,42+,43-,44+,45-,46+,47-,52-,53+,54-,55+,56-,57+,58-,59-,60+,61-,62+,63-,64+,65+,66-,67-,68-,69-,70-,71-,72-,73-,74-,75-,76-,77-,78-,79-/m0/s1. The molecule has 1 unspecified atom stereocenters. The lowest BCUT2D eigenvalue weighted by Gasteiger charge is -2.50. The highest BCUT2D eigenvalue weighted by atomic mass is 31.2. The van der Waals surface area contributed by atoms with Gasteiger partial charge in [-0.1, -0.05) is 142 Å². The van der Waals surface area contributed by atoms with Crippen LogP contribution in [0.3, 0.4) is 0 Å². The minimum atomic E-state index is -4.96. The molecule has 21 rings (SSSR count). The fraction of sp³-hybridized carbons (Fsp3) is 0.949. The highest BCUT2D eigenvalue weighted by molar-refractivity contribution is 7.47. The molecule has 47 heteroatoms. The van der Waals surface area contributed by atoms with Gasteiger partial charge in [0, 0.05) is 38.8 Å². The smallest absolute Gasteiger partial charge is 0.462 e. The molecule has 37 atom stereocenters. The summed E-state index contributed by atoms with van der Waals surface area (Å²) < 4.78 is 116. The second-order valence-corrected chi connectivity index (χ2v) is 34.5. The van der Waals surface area contributed by atoms with E-state index in [-0.39, 0.29) is 12.8 Å². The zero-order chi connectivity index (χ0) is 91.9. The maximum absolute atomic E-state index is 13.7. The van der Waals surface area contributed by atoms with E-state index in [9.17, 15) is 131 Å².